The molecule has 0 saturated carbocycles. The smallest absolute Gasteiger partial charge is 0.270 e. The van der Waals surface area contributed by atoms with Crippen LogP contribution in [0.15, 0.2) is 79.1 Å². The number of rotatable bonds is 8. The number of anilines is 3. The fourth-order valence-corrected chi connectivity index (χ4v) is 5.18. The number of hydrogen-bond acceptors (Lipinski definition) is 8. The minimum absolute atomic E-state index is 0.208. The maximum Gasteiger partial charge on any atom is 0.270 e. The molecule has 2 aromatic carbocycles. The Bertz CT molecular complexity index is 1590. The van der Waals surface area contributed by atoms with Gasteiger partial charge in [0, 0.05) is 12.3 Å². The minimum Gasteiger partial charge on any atom is -0.497 e. The molecule has 0 radical (unpaired) electrons. The van der Waals surface area contributed by atoms with Crippen molar-refractivity contribution in [2.75, 3.05) is 17.3 Å². The molecule has 0 fully saturated rings. The SMILES string of the molecule is COc1ccc(CN(C(=O)c2cnc(Nc3cc(-c4ccccn4)nc(C)n3)s2)c2c(C)cccc2Cl)cc1. The van der Waals surface area contributed by atoms with Crippen molar-refractivity contribution in [2.45, 2.75) is 20.4 Å². The van der Waals surface area contributed by atoms with Gasteiger partial charge in [-0.3, -0.25) is 9.78 Å². The van der Waals surface area contributed by atoms with Gasteiger partial charge < -0.3 is 15.0 Å². The van der Waals surface area contributed by atoms with Gasteiger partial charge in [-0.25, -0.2) is 15.0 Å². The number of nitrogens with zero attached hydrogens (tertiary/aromatic N) is 5. The lowest BCUT2D eigenvalue weighted by molar-refractivity contribution is 0.0988. The lowest BCUT2D eigenvalue weighted by Gasteiger charge is -2.25. The number of halogens is 1. The summed E-state index contributed by atoms with van der Waals surface area (Å²) < 4.78 is 5.28. The number of amides is 1. The van der Waals surface area contributed by atoms with E-state index in [1.807, 2.05) is 68.4 Å². The molecule has 10 heteroatoms. The third kappa shape index (κ3) is 6.05. The van der Waals surface area contributed by atoms with E-state index in [9.17, 15) is 4.79 Å². The number of aromatic nitrogens is 4. The Morgan fingerprint density at radius 1 is 1.00 bits per heavy atom. The van der Waals surface area contributed by atoms with Crippen molar-refractivity contribution in [3.05, 3.63) is 106 Å². The summed E-state index contributed by atoms with van der Waals surface area (Å²) in [6, 6.07) is 20.7. The largest absolute Gasteiger partial charge is 0.497 e. The van der Waals surface area contributed by atoms with Crippen LogP contribution >= 0.6 is 22.9 Å². The second-order valence-corrected chi connectivity index (χ2v) is 10.1. The molecule has 0 spiro atoms. The van der Waals surface area contributed by atoms with Crippen molar-refractivity contribution in [3.63, 3.8) is 0 Å². The molecule has 3 heterocycles. The van der Waals surface area contributed by atoms with Gasteiger partial charge in [0.25, 0.3) is 5.91 Å². The zero-order valence-corrected chi connectivity index (χ0v) is 23.1. The molecular formula is C29H25ClN6O2S. The first-order chi connectivity index (χ1) is 18.9. The summed E-state index contributed by atoms with van der Waals surface area (Å²) in [5.41, 5.74) is 3.92. The zero-order chi connectivity index (χ0) is 27.4. The quantitative estimate of drug-likeness (QED) is 0.223. The summed E-state index contributed by atoms with van der Waals surface area (Å²) >= 11 is 7.85. The number of benzene rings is 2. The first-order valence-electron chi connectivity index (χ1n) is 12.1. The predicted molar refractivity (Wildman–Crippen MR) is 155 cm³/mol. The summed E-state index contributed by atoms with van der Waals surface area (Å²) in [4.78, 5) is 33.8. The lowest BCUT2D eigenvalue weighted by Crippen LogP contribution is -2.30. The Morgan fingerprint density at radius 2 is 1.82 bits per heavy atom. The zero-order valence-electron chi connectivity index (χ0n) is 21.6. The second-order valence-electron chi connectivity index (χ2n) is 8.70. The van der Waals surface area contributed by atoms with Gasteiger partial charge in [-0.2, -0.15) is 0 Å². The lowest BCUT2D eigenvalue weighted by atomic mass is 10.1. The van der Waals surface area contributed by atoms with E-state index >= 15 is 0 Å². The van der Waals surface area contributed by atoms with Gasteiger partial charge in [-0.15, -0.1) is 0 Å². The van der Waals surface area contributed by atoms with Crippen LogP contribution in [0.1, 0.15) is 26.6 Å². The summed E-state index contributed by atoms with van der Waals surface area (Å²) in [6.45, 7) is 4.08. The maximum absolute atomic E-state index is 13.9. The average Bonchev–Trinajstić information content (AvgIpc) is 3.41. The van der Waals surface area contributed by atoms with Gasteiger partial charge in [-0.1, -0.05) is 53.3 Å². The molecule has 0 atom stereocenters. The molecule has 0 aliphatic carbocycles. The number of carbonyl (C=O) groups is 1. The molecular weight excluding hydrogens is 532 g/mol. The normalized spacial score (nSPS) is 10.8. The van der Waals surface area contributed by atoms with E-state index < -0.39 is 0 Å². The molecule has 0 bridgehead atoms. The Hall–Kier alpha value is -4.34. The van der Waals surface area contributed by atoms with E-state index in [1.54, 1.807) is 36.5 Å². The van der Waals surface area contributed by atoms with Crippen LogP contribution in [0.3, 0.4) is 0 Å². The minimum atomic E-state index is -0.208. The maximum atomic E-state index is 13.9. The predicted octanol–water partition coefficient (Wildman–Crippen LogP) is 6.86. The molecule has 0 aliphatic rings. The van der Waals surface area contributed by atoms with Crippen LogP contribution in [0.25, 0.3) is 11.4 Å². The van der Waals surface area contributed by atoms with Crippen molar-refractivity contribution >= 4 is 45.5 Å². The number of pyridine rings is 1. The molecule has 1 amide bonds. The third-order valence-corrected chi connectivity index (χ3v) is 7.13. The van der Waals surface area contributed by atoms with E-state index in [1.165, 1.54) is 11.3 Å². The number of methoxy groups -OCH3 is 1. The number of thiazole rings is 1. The van der Waals surface area contributed by atoms with E-state index in [-0.39, 0.29) is 5.91 Å². The van der Waals surface area contributed by atoms with Gasteiger partial charge in [0.1, 0.15) is 22.3 Å². The molecule has 8 nitrogen and oxygen atoms in total. The molecule has 5 aromatic rings. The van der Waals surface area contributed by atoms with Gasteiger partial charge in [0.2, 0.25) is 0 Å². The number of nitrogens with one attached hydrogen (secondary N) is 1. The van der Waals surface area contributed by atoms with Crippen molar-refractivity contribution in [1.82, 2.24) is 19.9 Å². The van der Waals surface area contributed by atoms with Crippen LogP contribution in [0.5, 0.6) is 5.75 Å². The molecule has 0 aliphatic heterocycles. The Morgan fingerprint density at radius 3 is 2.54 bits per heavy atom. The van der Waals surface area contributed by atoms with E-state index in [2.05, 4.69) is 25.3 Å². The number of ether oxygens (including phenoxy) is 1. The summed E-state index contributed by atoms with van der Waals surface area (Å²) in [5, 5.41) is 4.24. The molecule has 196 valence electrons. The van der Waals surface area contributed by atoms with Crippen LogP contribution in [0.4, 0.5) is 16.6 Å². The summed E-state index contributed by atoms with van der Waals surface area (Å²) in [5.74, 6) is 1.69. The number of para-hydroxylation sites is 1. The molecule has 1 N–H and O–H groups in total. The Kier molecular flexibility index (Phi) is 7.81. The van der Waals surface area contributed by atoms with Gasteiger partial charge >= 0.3 is 0 Å². The molecule has 39 heavy (non-hydrogen) atoms. The highest BCUT2D eigenvalue weighted by Gasteiger charge is 2.24. The van der Waals surface area contributed by atoms with Crippen LogP contribution in [0.2, 0.25) is 5.02 Å². The van der Waals surface area contributed by atoms with E-state index in [0.717, 1.165) is 22.6 Å². The highest BCUT2D eigenvalue weighted by atomic mass is 35.5. The monoisotopic (exact) mass is 556 g/mol. The molecule has 5 rings (SSSR count). The average molecular weight is 557 g/mol. The Balaban J connectivity index is 1.43. The molecule has 0 saturated heterocycles. The standard InChI is InChI=1S/C29H25ClN6O2S/c1-18-7-6-8-22(30)27(18)36(17-20-10-12-21(38-3)13-11-20)28(37)25-16-32-29(39-25)35-26-15-24(33-19(2)34-26)23-9-4-5-14-31-23/h4-16H,17H2,1-3H3,(H,32,33,34,35). The fourth-order valence-electron chi connectivity index (χ4n) is 4.08. The van der Waals surface area contributed by atoms with Gasteiger partial charge in [0.15, 0.2) is 5.13 Å². The number of hydrogen-bond donors (Lipinski definition) is 1. The number of aryl methyl sites for hydroxylation is 2. The van der Waals surface area contributed by atoms with Crippen LogP contribution in [-0.4, -0.2) is 33.0 Å². The summed E-state index contributed by atoms with van der Waals surface area (Å²) in [6.07, 6.45) is 3.28. The van der Waals surface area contributed by atoms with Crippen molar-refractivity contribution in [3.8, 4) is 17.1 Å². The van der Waals surface area contributed by atoms with E-state index in [4.69, 9.17) is 16.3 Å². The van der Waals surface area contributed by atoms with Crippen LogP contribution in [0, 0.1) is 13.8 Å². The van der Waals surface area contributed by atoms with Gasteiger partial charge in [0.05, 0.1) is 41.9 Å². The first kappa shape index (κ1) is 26.3. The van der Waals surface area contributed by atoms with Crippen molar-refractivity contribution in [2.24, 2.45) is 0 Å². The first-order valence-corrected chi connectivity index (χ1v) is 13.3. The van der Waals surface area contributed by atoms with E-state index in [0.29, 0.717) is 44.6 Å². The third-order valence-electron chi connectivity index (χ3n) is 5.92. The molecule has 3 aromatic heterocycles. The van der Waals surface area contributed by atoms with Crippen molar-refractivity contribution in [1.29, 1.82) is 0 Å². The van der Waals surface area contributed by atoms with Crippen LogP contribution in [-0.2, 0) is 6.54 Å². The van der Waals surface area contributed by atoms with Crippen molar-refractivity contribution < 1.29 is 9.53 Å². The topological polar surface area (TPSA) is 93.1 Å². The highest BCUT2D eigenvalue weighted by Crippen LogP contribution is 2.34. The Labute approximate surface area is 235 Å². The fraction of sp³-hybridized carbons (Fsp3) is 0.138. The molecule has 0 unspecified atom stereocenters. The highest BCUT2D eigenvalue weighted by molar-refractivity contribution is 7.17. The summed E-state index contributed by atoms with van der Waals surface area (Å²) in [7, 11) is 1.62. The number of carbonyl (C=O) groups excluding carboxylic acids is 1. The van der Waals surface area contributed by atoms with Crippen LogP contribution < -0.4 is 15.0 Å². The second kappa shape index (κ2) is 11.6. The van der Waals surface area contributed by atoms with Gasteiger partial charge in [-0.05, 0) is 55.3 Å².